The third-order valence-corrected chi connectivity index (χ3v) is 5.27. The van der Waals surface area contributed by atoms with Gasteiger partial charge in [-0.05, 0) is 54.0 Å². The van der Waals surface area contributed by atoms with Crippen LogP contribution < -0.4 is 10.2 Å². The minimum Gasteiger partial charge on any atom is -0.478 e. The van der Waals surface area contributed by atoms with Crippen molar-refractivity contribution in [1.29, 1.82) is 5.26 Å². The Balaban J connectivity index is 2.04. The van der Waals surface area contributed by atoms with Gasteiger partial charge in [-0.1, -0.05) is 13.0 Å². The van der Waals surface area contributed by atoms with E-state index in [1.54, 1.807) is 19.2 Å². The molecule has 0 amide bonds. The summed E-state index contributed by atoms with van der Waals surface area (Å²) in [4.78, 5) is 13.6. The summed E-state index contributed by atoms with van der Waals surface area (Å²) in [7, 11) is 1.54. The lowest BCUT2D eigenvalue weighted by molar-refractivity contribution is -0.131. The number of nitrogens with zero attached hydrogens (tertiary/aromatic N) is 2. The Morgan fingerprint density at radius 2 is 2.13 bits per heavy atom. The summed E-state index contributed by atoms with van der Waals surface area (Å²) >= 11 is 0. The molecule has 1 fully saturated rings. The molecule has 1 aliphatic heterocycles. The second kappa shape index (κ2) is 10.6. The van der Waals surface area contributed by atoms with Crippen LogP contribution in [0.1, 0.15) is 24.5 Å². The zero-order valence-electron chi connectivity index (χ0n) is 17.8. The summed E-state index contributed by atoms with van der Waals surface area (Å²) in [6, 6.07) is 15.5. The predicted molar refractivity (Wildman–Crippen MR) is 121 cm³/mol. The van der Waals surface area contributed by atoms with E-state index in [-0.39, 0.29) is 12.6 Å². The molecule has 0 radical (unpaired) electrons. The lowest BCUT2D eigenvalue weighted by Crippen LogP contribution is -2.45. The first-order chi connectivity index (χ1) is 15.0. The number of hydrogen-bond donors (Lipinski definition) is 2. The molecule has 1 atom stereocenters. The molecule has 7 heteroatoms. The molecule has 0 aromatic heterocycles. The lowest BCUT2D eigenvalue weighted by atomic mass is 10.0. The molecule has 162 valence electrons. The van der Waals surface area contributed by atoms with Crippen molar-refractivity contribution in [3.05, 3.63) is 59.7 Å². The third-order valence-electron chi connectivity index (χ3n) is 5.27. The first kappa shape index (κ1) is 22.3. The van der Waals surface area contributed by atoms with Gasteiger partial charge < -0.3 is 24.8 Å². The molecule has 7 nitrogen and oxygen atoms in total. The average Bonchev–Trinajstić information content (AvgIpc) is 2.79. The maximum absolute atomic E-state index is 11.3. The first-order valence-corrected chi connectivity index (χ1v) is 10.2. The molecule has 2 N–H and O–H groups in total. The lowest BCUT2D eigenvalue weighted by Gasteiger charge is -2.38. The number of nitriles is 1. The van der Waals surface area contributed by atoms with Crippen LogP contribution in [-0.2, 0) is 14.3 Å². The number of nitrogens with one attached hydrogen (secondary N) is 1. The van der Waals surface area contributed by atoms with E-state index < -0.39 is 5.97 Å². The molecule has 1 heterocycles. The van der Waals surface area contributed by atoms with Gasteiger partial charge in [0.1, 0.15) is 0 Å². The Morgan fingerprint density at radius 1 is 1.35 bits per heavy atom. The molecule has 2 aromatic rings. The van der Waals surface area contributed by atoms with Crippen LogP contribution in [0.25, 0.3) is 5.57 Å². The van der Waals surface area contributed by atoms with Crippen LogP contribution in [0.2, 0.25) is 0 Å². The Bertz CT molecular complexity index is 979. The highest BCUT2D eigenvalue weighted by Crippen LogP contribution is 2.34. The highest BCUT2D eigenvalue weighted by atomic mass is 16.5. The molecule has 1 saturated heterocycles. The van der Waals surface area contributed by atoms with E-state index in [9.17, 15) is 9.90 Å². The molecule has 1 unspecified atom stereocenters. The number of carboxylic acids is 1. The van der Waals surface area contributed by atoms with Gasteiger partial charge >= 0.3 is 5.97 Å². The normalized spacial score (nSPS) is 16.6. The van der Waals surface area contributed by atoms with Crippen molar-refractivity contribution in [3.63, 3.8) is 0 Å². The number of hydrogen-bond acceptors (Lipinski definition) is 6. The molecular formula is C24H27N3O4. The summed E-state index contributed by atoms with van der Waals surface area (Å²) < 4.78 is 10.9. The maximum Gasteiger partial charge on any atom is 0.328 e. The second-order valence-electron chi connectivity index (χ2n) is 7.32. The van der Waals surface area contributed by atoms with Crippen molar-refractivity contribution >= 4 is 28.6 Å². The van der Waals surface area contributed by atoms with Gasteiger partial charge in [0.05, 0.1) is 48.9 Å². The number of benzene rings is 2. The van der Waals surface area contributed by atoms with E-state index in [0.29, 0.717) is 24.4 Å². The fourth-order valence-electron chi connectivity index (χ4n) is 3.69. The Labute approximate surface area is 182 Å². The minimum absolute atomic E-state index is 0.192. The van der Waals surface area contributed by atoms with Crippen LogP contribution in [0.5, 0.6) is 0 Å². The largest absolute Gasteiger partial charge is 0.478 e. The van der Waals surface area contributed by atoms with Crippen molar-refractivity contribution < 1.29 is 19.4 Å². The van der Waals surface area contributed by atoms with Crippen molar-refractivity contribution in [3.8, 4) is 6.07 Å². The fourth-order valence-corrected chi connectivity index (χ4v) is 3.69. The van der Waals surface area contributed by atoms with Gasteiger partial charge in [0.15, 0.2) is 0 Å². The quantitative estimate of drug-likeness (QED) is 0.621. The van der Waals surface area contributed by atoms with Crippen LogP contribution in [0, 0.1) is 11.3 Å². The van der Waals surface area contributed by atoms with Crippen LogP contribution in [0.15, 0.2) is 48.5 Å². The minimum atomic E-state index is -1.02. The van der Waals surface area contributed by atoms with Gasteiger partial charge in [0.2, 0.25) is 0 Å². The van der Waals surface area contributed by atoms with E-state index in [1.807, 2.05) is 30.3 Å². The molecular weight excluding hydrogens is 394 g/mol. The van der Waals surface area contributed by atoms with Gasteiger partial charge in [-0.15, -0.1) is 0 Å². The van der Waals surface area contributed by atoms with Crippen molar-refractivity contribution in [2.45, 2.75) is 19.4 Å². The van der Waals surface area contributed by atoms with Crippen LogP contribution in [0.4, 0.5) is 17.1 Å². The third kappa shape index (κ3) is 5.63. The summed E-state index contributed by atoms with van der Waals surface area (Å²) in [6.07, 6.45) is 2.12. The number of carbonyl (C=O) groups is 1. The number of morpholine rings is 1. The summed E-state index contributed by atoms with van der Waals surface area (Å²) in [5, 5.41) is 21.8. The Kier molecular flexibility index (Phi) is 7.65. The molecule has 0 saturated carbocycles. The van der Waals surface area contributed by atoms with E-state index in [0.717, 1.165) is 35.6 Å². The van der Waals surface area contributed by atoms with E-state index >= 15 is 0 Å². The van der Waals surface area contributed by atoms with Crippen LogP contribution in [-0.4, -0.2) is 50.6 Å². The van der Waals surface area contributed by atoms with Crippen LogP contribution in [0.3, 0.4) is 0 Å². The van der Waals surface area contributed by atoms with Crippen molar-refractivity contribution in [1.82, 2.24) is 0 Å². The number of anilines is 3. The standard InChI is InChI=1S/C24H27N3O4/c1-3-21-16-31-11-10-27(21)23-9-6-18(19(15-30-2)13-24(28)29)12-22(23)26-20-7-4-17(14-25)5-8-20/h4-9,12-13,21,26H,3,10-11,15-16H2,1-2H3,(H,28,29)/b19-13+. The zero-order valence-corrected chi connectivity index (χ0v) is 17.8. The Morgan fingerprint density at radius 3 is 2.77 bits per heavy atom. The summed E-state index contributed by atoms with van der Waals surface area (Å²) in [6.45, 7) is 4.43. The molecule has 0 bridgehead atoms. The maximum atomic E-state index is 11.3. The molecule has 3 rings (SSSR count). The summed E-state index contributed by atoms with van der Waals surface area (Å²) in [5.74, 6) is -1.02. The van der Waals surface area contributed by atoms with Gasteiger partial charge in [-0.2, -0.15) is 5.26 Å². The van der Waals surface area contributed by atoms with E-state index in [2.05, 4.69) is 23.2 Å². The van der Waals surface area contributed by atoms with Gasteiger partial charge in [0, 0.05) is 25.4 Å². The number of rotatable bonds is 8. The predicted octanol–water partition coefficient (Wildman–Crippen LogP) is 4.03. The van der Waals surface area contributed by atoms with Crippen molar-refractivity contribution in [2.75, 3.05) is 43.7 Å². The molecule has 1 aliphatic rings. The smallest absolute Gasteiger partial charge is 0.328 e. The fraction of sp³-hybridized carbons (Fsp3) is 0.333. The van der Waals surface area contributed by atoms with Gasteiger partial charge in [0.25, 0.3) is 0 Å². The number of aliphatic carboxylic acids is 1. The topological polar surface area (TPSA) is 94.8 Å². The molecule has 2 aromatic carbocycles. The van der Waals surface area contributed by atoms with Gasteiger partial charge in [-0.3, -0.25) is 0 Å². The first-order valence-electron chi connectivity index (χ1n) is 10.2. The SMILES string of the molecule is CCC1COCCN1c1ccc(/C(=C/C(=O)O)COC)cc1Nc1ccc(C#N)cc1. The molecule has 0 aliphatic carbocycles. The van der Waals surface area contributed by atoms with Crippen molar-refractivity contribution in [2.24, 2.45) is 0 Å². The number of methoxy groups -OCH3 is 1. The zero-order chi connectivity index (χ0) is 22.2. The Hall–Kier alpha value is -3.34. The summed E-state index contributed by atoms with van der Waals surface area (Å²) in [5.41, 5.74) is 4.66. The highest BCUT2D eigenvalue weighted by molar-refractivity contribution is 5.91. The molecule has 31 heavy (non-hydrogen) atoms. The number of carboxylic acid groups (broad SMARTS) is 1. The molecule has 0 spiro atoms. The second-order valence-corrected chi connectivity index (χ2v) is 7.32. The van der Waals surface area contributed by atoms with E-state index in [4.69, 9.17) is 14.7 Å². The highest BCUT2D eigenvalue weighted by Gasteiger charge is 2.24. The average molecular weight is 421 g/mol. The van der Waals surface area contributed by atoms with Gasteiger partial charge in [-0.25, -0.2) is 4.79 Å². The monoisotopic (exact) mass is 421 g/mol. The number of ether oxygens (including phenoxy) is 2. The van der Waals surface area contributed by atoms with E-state index in [1.165, 1.54) is 6.08 Å². The van der Waals surface area contributed by atoms with Crippen LogP contribution >= 0.6 is 0 Å².